The summed E-state index contributed by atoms with van der Waals surface area (Å²) in [5.41, 5.74) is 0.821. The van der Waals surface area contributed by atoms with Crippen molar-refractivity contribution in [1.29, 1.82) is 0 Å². The molecule has 1 aromatic carbocycles. The molecule has 126 valence electrons. The fourth-order valence-electron chi connectivity index (χ4n) is 2.10. The van der Waals surface area contributed by atoms with Crippen molar-refractivity contribution in [3.05, 3.63) is 23.8 Å². The number of morpholine rings is 1. The van der Waals surface area contributed by atoms with Gasteiger partial charge in [-0.2, -0.15) is 0 Å². The number of amides is 1. The average molecular weight is 322 g/mol. The smallest absolute Gasteiger partial charge is 0.260 e. The molecule has 23 heavy (non-hydrogen) atoms. The third kappa shape index (κ3) is 5.14. The molecule has 0 N–H and O–H groups in total. The summed E-state index contributed by atoms with van der Waals surface area (Å²) in [7, 11) is 1.55. The standard InChI is InChI=1S/C16H22N2O5/c1-3-23-17-11-13-4-5-14(15(10-13)20-2)22-12-16(19)18-6-8-21-9-7-18/h4-5,10-11H,3,6-9,12H2,1-2H3/b17-11+. The molecule has 7 nitrogen and oxygen atoms in total. The maximum atomic E-state index is 12.1. The van der Waals surface area contributed by atoms with Crippen LogP contribution in [0.3, 0.4) is 0 Å². The summed E-state index contributed by atoms with van der Waals surface area (Å²) < 4.78 is 16.1. The van der Waals surface area contributed by atoms with E-state index in [1.807, 2.05) is 13.0 Å². The molecule has 0 bridgehead atoms. The molecule has 0 aliphatic carbocycles. The van der Waals surface area contributed by atoms with Gasteiger partial charge in [-0.1, -0.05) is 5.16 Å². The number of hydrogen-bond donors (Lipinski definition) is 0. The summed E-state index contributed by atoms with van der Waals surface area (Å²) in [5.74, 6) is 1.00. The van der Waals surface area contributed by atoms with Crippen molar-refractivity contribution in [3.8, 4) is 11.5 Å². The maximum Gasteiger partial charge on any atom is 0.260 e. The van der Waals surface area contributed by atoms with E-state index < -0.39 is 0 Å². The van der Waals surface area contributed by atoms with Crippen LogP contribution >= 0.6 is 0 Å². The van der Waals surface area contributed by atoms with Gasteiger partial charge in [-0.25, -0.2) is 0 Å². The Morgan fingerprint density at radius 2 is 2.13 bits per heavy atom. The van der Waals surface area contributed by atoms with Crippen molar-refractivity contribution in [2.24, 2.45) is 5.16 Å². The Hall–Kier alpha value is -2.28. The molecule has 0 saturated carbocycles. The molecule has 7 heteroatoms. The van der Waals surface area contributed by atoms with Gasteiger partial charge in [0.25, 0.3) is 5.91 Å². The molecule has 1 saturated heterocycles. The Labute approximate surface area is 135 Å². The summed E-state index contributed by atoms with van der Waals surface area (Å²) >= 11 is 0. The van der Waals surface area contributed by atoms with Gasteiger partial charge in [0.05, 0.1) is 26.5 Å². The predicted molar refractivity (Wildman–Crippen MR) is 85.1 cm³/mol. The predicted octanol–water partition coefficient (Wildman–Crippen LogP) is 1.30. The first kappa shape index (κ1) is 17.1. The van der Waals surface area contributed by atoms with Gasteiger partial charge in [-0.05, 0) is 25.1 Å². The van der Waals surface area contributed by atoms with E-state index in [4.69, 9.17) is 19.0 Å². The maximum absolute atomic E-state index is 12.1. The highest BCUT2D eigenvalue weighted by Crippen LogP contribution is 2.27. The van der Waals surface area contributed by atoms with Crippen molar-refractivity contribution in [1.82, 2.24) is 4.90 Å². The second-order valence-corrected chi connectivity index (χ2v) is 4.84. The summed E-state index contributed by atoms with van der Waals surface area (Å²) in [4.78, 5) is 18.7. The number of carbonyl (C=O) groups is 1. The molecule has 0 spiro atoms. The van der Waals surface area contributed by atoms with Gasteiger partial charge in [0.1, 0.15) is 6.61 Å². The molecular weight excluding hydrogens is 300 g/mol. The number of nitrogens with zero attached hydrogens (tertiary/aromatic N) is 2. The molecule has 0 aromatic heterocycles. The lowest BCUT2D eigenvalue weighted by Gasteiger charge is -2.26. The lowest BCUT2D eigenvalue weighted by atomic mass is 10.2. The molecule has 1 amide bonds. The Morgan fingerprint density at radius 3 is 2.83 bits per heavy atom. The first-order valence-electron chi connectivity index (χ1n) is 7.56. The molecular formula is C16H22N2O5. The lowest BCUT2D eigenvalue weighted by Crippen LogP contribution is -2.43. The van der Waals surface area contributed by atoms with Gasteiger partial charge < -0.3 is 23.9 Å². The minimum absolute atomic E-state index is 0.0251. The van der Waals surface area contributed by atoms with Crippen molar-refractivity contribution in [2.75, 3.05) is 46.6 Å². The Bertz CT molecular complexity index is 541. The van der Waals surface area contributed by atoms with Gasteiger partial charge >= 0.3 is 0 Å². The molecule has 1 fully saturated rings. The van der Waals surface area contributed by atoms with Crippen LogP contribution in [-0.2, 0) is 14.4 Å². The van der Waals surface area contributed by atoms with Gasteiger partial charge in [-0.3, -0.25) is 4.79 Å². The zero-order chi connectivity index (χ0) is 16.5. The van der Waals surface area contributed by atoms with Gasteiger partial charge in [0, 0.05) is 18.7 Å². The zero-order valence-corrected chi connectivity index (χ0v) is 13.5. The SMILES string of the molecule is CCO/N=C/c1ccc(OCC(=O)N2CCOCC2)c(OC)c1. The quantitative estimate of drug-likeness (QED) is 0.559. The molecule has 1 aliphatic rings. The highest BCUT2D eigenvalue weighted by molar-refractivity contribution is 5.81. The second-order valence-electron chi connectivity index (χ2n) is 4.84. The van der Waals surface area contributed by atoms with E-state index in [1.54, 1.807) is 30.4 Å². The minimum atomic E-state index is -0.0580. The molecule has 1 heterocycles. The van der Waals surface area contributed by atoms with E-state index in [2.05, 4.69) is 5.16 Å². The van der Waals surface area contributed by atoms with E-state index in [9.17, 15) is 4.79 Å². The van der Waals surface area contributed by atoms with Gasteiger partial charge in [0.2, 0.25) is 0 Å². The Balaban J connectivity index is 1.94. The van der Waals surface area contributed by atoms with Crippen LogP contribution in [-0.4, -0.2) is 63.6 Å². The van der Waals surface area contributed by atoms with Crippen LogP contribution in [0.15, 0.2) is 23.4 Å². The fraction of sp³-hybridized carbons (Fsp3) is 0.500. The highest BCUT2D eigenvalue weighted by atomic mass is 16.6. The van der Waals surface area contributed by atoms with E-state index in [1.165, 1.54) is 0 Å². The second kappa shape index (κ2) is 8.99. The molecule has 1 aromatic rings. The first-order chi connectivity index (χ1) is 11.2. The monoisotopic (exact) mass is 322 g/mol. The molecule has 0 unspecified atom stereocenters. The topological polar surface area (TPSA) is 69.6 Å². The van der Waals surface area contributed by atoms with Gasteiger partial charge in [-0.15, -0.1) is 0 Å². The van der Waals surface area contributed by atoms with Crippen LogP contribution in [0.5, 0.6) is 11.5 Å². The summed E-state index contributed by atoms with van der Waals surface area (Å²) in [6.45, 7) is 4.70. The number of oxime groups is 1. The van der Waals surface area contributed by atoms with E-state index >= 15 is 0 Å². The number of benzene rings is 1. The number of ether oxygens (including phenoxy) is 3. The third-order valence-electron chi connectivity index (χ3n) is 3.31. The van der Waals surface area contributed by atoms with Crippen LogP contribution < -0.4 is 9.47 Å². The highest BCUT2D eigenvalue weighted by Gasteiger charge is 2.17. The van der Waals surface area contributed by atoms with Crippen molar-refractivity contribution in [3.63, 3.8) is 0 Å². The van der Waals surface area contributed by atoms with Crippen LogP contribution in [0.2, 0.25) is 0 Å². The lowest BCUT2D eigenvalue weighted by molar-refractivity contribution is -0.137. The molecule has 0 radical (unpaired) electrons. The first-order valence-corrected chi connectivity index (χ1v) is 7.56. The van der Waals surface area contributed by atoms with Crippen LogP contribution in [0, 0.1) is 0 Å². The average Bonchev–Trinajstić information content (AvgIpc) is 2.61. The summed E-state index contributed by atoms with van der Waals surface area (Å²) in [6.07, 6.45) is 1.59. The molecule has 1 aliphatic heterocycles. The minimum Gasteiger partial charge on any atom is -0.493 e. The normalized spacial score (nSPS) is 14.8. The number of hydrogen-bond acceptors (Lipinski definition) is 6. The van der Waals surface area contributed by atoms with Crippen LogP contribution in [0.25, 0.3) is 0 Å². The number of rotatable bonds is 7. The Morgan fingerprint density at radius 1 is 1.35 bits per heavy atom. The molecule has 0 atom stereocenters. The van der Waals surface area contributed by atoms with Crippen LogP contribution in [0.1, 0.15) is 12.5 Å². The van der Waals surface area contributed by atoms with Gasteiger partial charge in [0.15, 0.2) is 18.1 Å². The summed E-state index contributed by atoms with van der Waals surface area (Å²) in [5, 5.41) is 3.81. The van der Waals surface area contributed by atoms with E-state index in [0.717, 1.165) is 5.56 Å². The van der Waals surface area contributed by atoms with Crippen molar-refractivity contribution >= 4 is 12.1 Å². The number of carbonyl (C=O) groups excluding carboxylic acids is 1. The third-order valence-corrected chi connectivity index (χ3v) is 3.31. The van der Waals surface area contributed by atoms with Crippen molar-refractivity contribution in [2.45, 2.75) is 6.92 Å². The Kier molecular flexibility index (Phi) is 6.68. The largest absolute Gasteiger partial charge is 0.493 e. The summed E-state index contributed by atoms with van der Waals surface area (Å²) in [6, 6.07) is 5.34. The molecule has 2 rings (SSSR count). The fourth-order valence-corrected chi connectivity index (χ4v) is 2.10. The van der Waals surface area contributed by atoms with E-state index in [-0.39, 0.29) is 12.5 Å². The van der Waals surface area contributed by atoms with Crippen molar-refractivity contribution < 1.29 is 23.8 Å². The van der Waals surface area contributed by atoms with E-state index in [0.29, 0.717) is 44.4 Å². The van der Waals surface area contributed by atoms with Crippen LogP contribution in [0.4, 0.5) is 0 Å². The number of methoxy groups -OCH3 is 1. The zero-order valence-electron chi connectivity index (χ0n) is 13.5.